The zero-order chi connectivity index (χ0) is 18.5. The highest BCUT2D eigenvalue weighted by Crippen LogP contribution is 2.22. The predicted octanol–water partition coefficient (Wildman–Crippen LogP) is 2.27. The number of esters is 2. The van der Waals surface area contributed by atoms with Crippen LogP contribution in [0.3, 0.4) is 0 Å². The molecule has 2 N–H and O–H groups in total. The molecule has 0 saturated heterocycles. The van der Waals surface area contributed by atoms with Gasteiger partial charge in [-0.25, -0.2) is 14.6 Å². The standard InChI is InChI=1S/C18H16N4O4/c1-25-16(23)10-15(18(24)26-2)20-11-6-7-12-14(9-11)22-17(21-12)13-5-3-4-8-19-13/h3-10,20H,1-2H3,(H,21,22)/b15-10+. The first-order chi connectivity index (χ1) is 12.6. The van der Waals surface area contributed by atoms with E-state index in [1.165, 1.54) is 14.2 Å². The van der Waals surface area contributed by atoms with Gasteiger partial charge >= 0.3 is 11.9 Å². The van der Waals surface area contributed by atoms with Crippen molar-refractivity contribution < 1.29 is 19.1 Å². The zero-order valence-corrected chi connectivity index (χ0v) is 14.1. The van der Waals surface area contributed by atoms with Gasteiger partial charge in [-0.15, -0.1) is 0 Å². The molecule has 3 rings (SSSR count). The number of benzene rings is 1. The minimum Gasteiger partial charge on any atom is -0.466 e. The Morgan fingerprint density at radius 2 is 2.00 bits per heavy atom. The summed E-state index contributed by atoms with van der Waals surface area (Å²) < 4.78 is 9.22. The number of fused-ring (bicyclic) bond motifs is 1. The van der Waals surface area contributed by atoms with E-state index in [4.69, 9.17) is 0 Å². The van der Waals surface area contributed by atoms with Crippen LogP contribution < -0.4 is 5.32 Å². The van der Waals surface area contributed by atoms with Crippen LogP contribution in [0.25, 0.3) is 22.6 Å². The second kappa shape index (κ2) is 7.47. The Morgan fingerprint density at radius 1 is 1.15 bits per heavy atom. The molecule has 0 bridgehead atoms. The lowest BCUT2D eigenvalue weighted by Gasteiger charge is -2.08. The monoisotopic (exact) mass is 352 g/mol. The van der Waals surface area contributed by atoms with Crippen LogP contribution in [0.1, 0.15) is 0 Å². The number of aromatic nitrogens is 3. The summed E-state index contributed by atoms with van der Waals surface area (Å²) in [7, 11) is 2.45. The van der Waals surface area contributed by atoms with E-state index in [0.29, 0.717) is 11.5 Å². The molecule has 0 aliphatic carbocycles. The number of hydrogen-bond donors (Lipinski definition) is 2. The van der Waals surface area contributed by atoms with E-state index in [1.54, 1.807) is 24.4 Å². The van der Waals surface area contributed by atoms with Crippen molar-refractivity contribution in [1.29, 1.82) is 0 Å². The van der Waals surface area contributed by atoms with Crippen molar-refractivity contribution in [1.82, 2.24) is 15.0 Å². The van der Waals surface area contributed by atoms with E-state index >= 15 is 0 Å². The third kappa shape index (κ3) is 3.69. The van der Waals surface area contributed by atoms with Gasteiger partial charge < -0.3 is 19.8 Å². The van der Waals surface area contributed by atoms with Crippen LogP contribution in [0.5, 0.6) is 0 Å². The number of hydrogen-bond acceptors (Lipinski definition) is 7. The fraction of sp³-hybridized carbons (Fsp3) is 0.111. The second-order valence-corrected chi connectivity index (χ2v) is 5.23. The number of ether oxygens (including phenoxy) is 2. The van der Waals surface area contributed by atoms with Gasteiger partial charge in [0.05, 0.1) is 31.3 Å². The molecule has 8 nitrogen and oxygen atoms in total. The summed E-state index contributed by atoms with van der Waals surface area (Å²) in [4.78, 5) is 35.2. The molecule has 2 aromatic heterocycles. The largest absolute Gasteiger partial charge is 0.466 e. The van der Waals surface area contributed by atoms with Crippen LogP contribution in [0.2, 0.25) is 0 Å². The van der Waals surface area contributed by atoms with Crippen molar-refractivity contribution in [2.24, 2.45) is 0 Å². The van der Waals surface area contributed by atoms with Crippen LogP contribution in [0, 0.1) is 0 Å². The Morgan fingerprint density at radius 3 is 2.69 bits per heavy atom. The lowest BCUT2D eigenvalue weighted by molar-refractivity contribution is -0.138. The Labute approximate surface area is 148 Å². The summed E-state index contributed by atoms with van der Waals surface area (Å²) in [6.45, 7) is 0. The van der Waals surface area contributed by atoms with Crippen molar-refractivity contribution in [2.45, 2.75) is 0 Å². The lowest BCUT2D eigenvalue weighted by Crippen LogP contribution is -2.15. The number of carbonyl (C=O) groups is 2. The molecule has 2 heterocycles. The van der Waals surface area contributed by atoms with E-state index in [9.17, 15) is 9.59 Å². The highest BCUT2D eigenvalue weighted by molar-refractivity contribution is 5.99. The minimum atomic E-state index is -0.686. The highest BCUT2D eigenvalue weighted by atomic mass is 16.5. The average molecular weight is 352 g/mol. The molecule has 26 heavy (non-hydrogen) atoms. The van der Waals surface area contributed by atoms with Crippen LogP contribution in [-0.2, 0) is 19.1 Å². The van der Waals surface area contributed by atoms with Gasteiger partial charge in [0.1, 0.15) is 11.4 Å². The third-order valence-corrected chi connectivity index (χ3v) is 3.54. The number of pyridine rings is 1. The summed E-state index contributed by atoms with van der Waals surface area (Å²) >= 11 is 0. The van der Waals surface area contributed by atoms with Crippen molar-refractivity contribution in [3.63, 3.8) is 0 Å². The number of aromatic amines is 1. The molecular formula is C18H16N4O4. The van der Waals surface area contributed by atoms with Crippen LogP contribution in [0.4, 0.5) is 5.69 Å². The van der Waals surface area contributed by atoms with E-state index in [1.807, 2.05) is 18.2 Å². The first kappa shape index (κ1) is 17.2. The maximum absolute atomic E-state index is 11.8. The maximum atomic E-state index is 11.8. The van der Waals surface area contributed by atoms with Crippen LogP contribution in [-0.4, -0.2) is 41.1 Å². The maximum Gasteiger partial charge on any atom is 0.354 e. The van der Waals surface area contributed by atoms with E-state index < -0.39 is 11.9 Å². The van der Waals surface area contributed by atoms with Crippen LogP contribution >= 0.6 is 0 Å². The predicted molar refractivity (Wildman–Crippen MR) is 95.1 cm³/mol. The molecule has 0 saturated carbocycles. The topological polar surface area (TPSA) is 106 Å². The SMILES string of the molecule is COC(=O)/C=C(/Nc1ccc2nc(-c3ccccn3)[nH]c2c1)C(=O)OC. The Hall–Kier alpha value is -3.68. The van der Waals surface area contributed by atoms with Gasteiger partial charge in [-0.2, -0.15) is 0 Å². The van der Waals surface area contributed by atoms with Crippen molar-refractivity contribution >= 4 is 28.7 Å². The lowest BCUT2D eigenvalue weighted by atomic mass is 10.2. The third-order valence-electron chi connectivity index (χ3n) is 3.54. The molecule has 3 aromatic rings. The molecule has 0 radical (unpaired) electrons. The minimum absolute atomic E-state index is 0.0387. The highest BCUT2D eigenvalue weighted by Gasteiger charge is 2.14. The molecule has 0 fully saturated rings. The quantitative estimate of drug-likeness (QED) is 0.536. The van der Waals surface area contributed by atoms with Crippen molar-refractivity contribution in [2.75, 3.05) is 19.5 Å². The number of nitrogens with one attached hydrogen (secondary N) is 2. The number of imidazole rings is 1. The average Bonchev–Trinajstić information content (AvgIpc) is 3.10. The molecule has 0 amide bonds. The molecule has 1 aromatic carbocycles. The fourth-order valence-corrected chi connectivity index (χ4v) is 2.30. The molecule has 0 aliphatic heterocycles. The van der Waals surface area contributed by atoms with E-state index in [0.717, 1.165) is 22.8 Å². The number of nitrogens with zero attached hydrogens (tertiary/aromatic N) is 2. The molecule has 0 unspecified atom stereocenters. The van der Waals surface area contributed by atoms with E-state index in [-0.39, 0.29) is 5.70 Å². The smallest absolute Gasteiger partial charge is 0.354 e. The molecule has 0 aliphatic rings. The zero-order valence-electron chi connectivity index (χ0n) is 14.1. The molecule has 132 valence electrons. The number of rotatable bonds is 5. The fourth-order valence-electron chi connectivity index (χ4n) is 2.30. The summed E-state index contributed by atoms with van der Waals surface area (Å²) in [6, 6.07) is 10.8. The number of carbonyl (C=O) groups excluding carboxylic acids is 2. The number of methoxy groups -OCH3 is 2. The van der Waals surface area contributed by atoms with Gasteiger partial charge in [-0.05, 0) is 30.3 Å². The summed E-state index contributed by atoms with van der Waals surface area (Å²) in [5.74, 6) is -0.719. The molecular weight excluding hydrogens is 336 g/mol. The van der Waals surface area contributed by atoms with Crippen LogP contribution in [0.15, 0.2) is 54.4 Å². The van der Waals surface area contributed by atoms with Crippen molar-refractivity contribution in [3.8, 4) is 11.5 Å². The van der Waals surface area contributed by atoms with Gasteiger partial charge in [0.15, 0.2) is 5.82 Å². The first-order valence-electron chi connectivity index (χ1n) is 7.67. The Balaban J connectivity index is 1.92. The number of anilines is 1. The Kier molecular flexibility index (Phi) is 4.93. The molecule has 0 spiro atoms. The summed E-state index contributed by atoms with van der Waals surface area (Å²) in [5.41, 5.74) is 2.75. The van der Waals surface area contributed by atoms with Gasteiger partial charge in [-0.3, -0.25) is 4.98 Å². The van der Waals surface area contributed by atoms with Gasteiger partial charge in [0, 0.05) is 11.9 Å². The van der Waals surface area contributed by atoms with Gasteiger partial charge in [0.2, 0.25) is 0 Å². The summed E-state index contributed by atoms with van der Waals surface area (Å²) in [6.07, 6.45) is 2.72. The number of H-pyrrole nitrogens is 1. The summed E-state index contributed by atoms with van der Waals surface area (Å²) in [5, 5.41) is 2.86. The molecule has 0 atom stereocenters. The Bertz CT molecular complexity index is 979. The first-order valence-corrected chi connectivity index (χ1v) is 7.67. The van der Waals surface area contributed by atoms with Crippen molar-refractivity contribution in [3.05, 3.63) is 54.4 Å². The molecule has 8 heteroatoms. The normalized spacial score (nSPS) is 11.2. The van der Waals surface area contributed by atoms with Gasteiger partial charge in [-0.1, -0.05) is 6.07 Å². The van der Waals surface area contributed by atoms with E-state index in [2.05, 4.69) is 29.7 Å². The van der Waals surface area contributed by atoms with Gasteiger partial charge in [0.25, 0.3) is 0 Å². The second-order valence-electron chi connectivity index (χ2n) is 5.23.